The largest absolute Gasteiger partial charge is 0.493 e. The van der Waals surface area contributed by atoms with Crippen LogP contribution in [0, 0.1) is 4.77 Å². The highest BCUT2D eigenvalue weighted by atomic mass is 35.5. The summed E-state index contributed by atoms with van der Waals surface area (Å²) in [4.78, 5) is 0. The van der Waals surface area contributed by atoms with Crippen LogP contribution in [0.4, 0.5) is 0 Å². The first-order valence-corrected chi connectivity index (χ1v) is 8.11. The predicted molar refractivity (Wildman–Crippen MR) is 100 cm³/mol. The Balaban J connectivity index is 2.04. The highest BCUT2D eigenvalue weighted by Gasteiger charge is 2.10. The quantitative estimate of drug-likeness (QED) is 0.538. The maximum absolute atomic E-state index is 6.06. The highest BCUT2D eigenvalue weighted by molar-refractivity contribution is 7.71. The summed E-state index contributed by atoms with van der Waals surface area (Å²) in [5.41, 5.74) is 1.55. The summed E-state index contributed by atoms with van der Waals surface area (Å²) < 4.78 is 12.6. The number of H-pyrrole nitrogens is 1. The van der Waals surface area contributed by atoms with Crippen molar-refractivity contribution in [2.45, 2.75) is 0 Å². The molecule has 2 aromatic carbocycles. The summed E-state index contributed by atoms with van der Waals surface area (Å²) in [6.07, 6.45) is 1.64. The summed E-state index contributed by atoms with van der Waals surface area (Å²) >= 11 is 11.3. The molecule has 128 valence electrons. The first-order valence-electron chi connectivity index (χ1n) is 7.32. The van der Waals surface area contributed by atoms with Gasteiger partial charge in [-0.05, 0) is 36.5 Å². The van der Waals surface area contributed by atoms with Crippen LogP contribution in [0.2, 0.25) is 5.02 Å². The van der Waals surface area contributed by atoms with E-state index in [-0.39, 0.29) is 0 Å². The molecule has 0 fully saturated rings. The van der Waals surface area contributed by atoms with E-state index in [0.717, 1.165) is 11.1 Å². The van der Waals surface area contributed by atoms with Crippen LogP contribution in [0.3, 0.4) is 0 Å². The maximum atomic E-state index is 6.06. The zero-order valence-electron chi connectivity index (χ0n) is 13.6. The SMILES string of the molecule is COc1cccc(C=Nn2c(-c3cccc(Cl)c3)n[nH]c2=S)c1OC. The number of benzene rings is 2. The number of rotatable bonds is 5. The number of nitrogens with zero attached hydrogens (tertiary/aromatic N) is 3. The molecule has 1 aromatic heterocycles. The summed E-state index contributed by atoms with van der Waals surface area (Å²) in [5.74, 6) is 1.77. The van der Waals surface area contributed by atoms with Gasteiger partial charge in [0.25, 0.3) is 0 Å². The van der Waals surface area contributed by atoms with Crippen LogP contribution in [0.25, 0.3) is 11.4 Å². The van der Waals surface area contributed by atoms with Crippen LogP contribution >= 0.6 is 23.8 Å². The molecule has 0 spiro atoms. The lowest BCUT2D eigenvalue weighted by atomic mass is 10.2. The van der Waals surface area contributed by atoms with E-state index in [2.05, 4.69) is 15.3 Å². The third-order valence-electron chi connectivity index (χ3n) is 3.48. The molecule has 1 N–H and O–H groups in total. The fraction of sp³-hybridized carbons (Fsp3) is 0.118. The van der Waals surface area contributed by atoms with E-state index in [0.29, 0.717) is 27.1 Å². The molecule has 0 aliphatic heterocycles. The number of ether oxygens (including phenoxy) is 2. The number of hydrogen-bond acceptors (Lipinski definition) is 5. The molecule has 25 heavy (non-hydrogen) atoms. The van der Waals surface area contributed by atoms with Gasteiger partial charge in [0.1, 0.15) is 0 Å². The average molecular weight is 375 g/mol. The van der Waals surface area contributed by atoms with Gasteiger partial charge in [-0.3, -0.25) is 0 Å². The van der Waals surface area contributed by atoms with Crippen LogP contribution < -0.4 is 9.47 Å². The van der Waals surface area contributed by atoms with Gasteiger partial charge < -0.3 is 9.47 Å². The lowest BCUT2D eigenvalue weighted by Crippen LogP contribution is -1.98. The van der Waals surface area contributed by atoms with Gasteiger partial charge in [0.2, 0.25) is 4.77 Å². The molecular weight excluding hydrogens is 360 g/mol. The van der Waals surface area contributed by atoms with E-state index in [4.69, 9.17) is 33.3 Å². The van der Waals surface area contributed by atoms with Crippen molar-refractivity contribution >= 4 is 30.0 Å². The second kappa shape index (κ2) is 7.50. The normalized spacial score (nSPS) is 11.0. The zero-order valence-corrected chi connectivity index (χ0v) is 15.1. The summed E-state index contributed by atoms with van der Waals surface area (Å²) in [6, 6.07) is 12.9. The van der Waals surface area contributed by atoms with Crippen LogP contribution in [-0.4, -0.2) is 35.3 Å². The molecule has 1 heterocycles. The standard InChI is InChI=1S/C17H15ClN4O2S/c1-23-14-8-4-6-12(15(14)24-2)10-19-22-16(20-21-17(22)25)11-5-3-7-13(18)9-11/h3-10H,1-2H3,(H,21,25). The van der Waals surface area contributed by atoms with Crippen LogP contribution in [0.1, 0.15) is 5.56 Å². The number of hydrogen-bond donors (Lipinski definition) is 1. The van der Waals surface area contributed by atoms with E-state index < -0.39 is 0 Å². The van der Waals surface area contributed by atoms with Gasteiger partial charge in [-0.2, -0.15) is 14.9 Å². The van der Waals surface area contributed by atoms with Crippen molar-refractivity contribution in [2.24, 2.45) is 5.10 Å². The van der Waals surface area contributed by atoms with Gasteiger partial charge >= 0.3 is 0 Å². The molecule has 3 aromatic rings. The molecule has 0 bridgehead atoms. The molecule has 6 nitrogen and oxygen atoms in total. The Kier molecular flexibility index (Phi) is 5.16. The second-order valence-electron chi connectivity index (χ2n) is 5.00. The van der Waals surface area contributed by atoms with E-state index in [1.54, 1.807) is 32.6 Å². The van der Waals surface area contributed by atoms with Crippen molar-refractivity contribution in [1.82, 2.24) is 14.9 Å². The van der Waals surface area contributed by atoms with E-state index in [9.17, 15) is 0 Å². The van der Waals surface area contributed by atoms with E-state index in [1.807, 2.05) is 30.3 Å². The lowest BCUT2D eigenvalue weighted by Gasteiger charge is -2.09. The minimum atomic E-state index is 0.369. The Morgan fingerprint density at radius 3 is 2.72 bits per heavy atom. The number of nitrogens with one attached hydrogen (secondary N) is 1. The van der Waals surface area contributed by atoms with Gasteiger partial charge in [0.05, 0.1) is 20.4 Å². The summed E-state index contributed by atoms with van der Waals surface area (Å²) in [6.45, 7) is 0. The number of para-hydroxylation sites is 1. The molecule has 0 aliphatic carbocycles. The first kappa shape index (κ1) is 17.2. The number of aromatic nitrogens is 3. The smallest absolute Gasteiger partial charge is 0.216 e. The lowest BCUT2D eigenvalue weighted by molar-refractivity contribution is 0.354. The van der Waals surface area contributed by atoms with E-state index >= 15 is 0 Å². The molecule has 0 saturated heterocycles. The third kappa shape index (κ3) is 3.57. The molecule has 0 aliphatic rings. The van der Waals surface area contributed by atoms with Crippen molar-refractivity contribution in [2.75, 3.05) is 14.2 Å². The topological polar surface area (TPSA) is 64.4 Å². The third-order valence-corrected chi connectivity index (χ3v) is 3.98. The fourth-order valence-corrected chi connectivity index (χ4v) is 2.72. The number of halogens is 1. The molecule has 8 heteroatoms. The summed E-state index contributed by atoms with van der Waals surface area (Å²) in [5, 5.41) is 12.0. The number of aromatic amines is 1. The van der Waals surface area contributed by atoms with Gasteiger partial charge in [-0.25, -0.2) is 5.10 Å². The van der Waals surface area contributed by atoms with Crippen molar-refractivity contribution in [3.63, 3.8) is 0 Å². The van der Waals surface area contributed by atoms with Crippen molar-refractivity contribution < 1.29 is 9.47 Å². The minimum Gasteiger partial charge on any atom is -0.493 e. The zero-order chi connectivity index (χ0) is 17.8. The van der Waals surface area contributed by atoms with Gasteiger partial charge in [0, 0.05) is 16.1 Å². The van der Waals surface area contributed by atoms with E-state index in [1.165, 1.54) is 4.68 Å². The van der Waals surface area contributed by atoms with Gasteiger partial charge in [-0.1, -0.05) is 29.8 Å². The molecule has 0 saturated carbocycles. The first-order chi connectivity index (χ1) is 12.1. The van der Waals surface area contributed by atoms with Gasteiger partial charge in [0.15, 0.2) is 17.3 Å². The molecule has 0 amide bonds. The van der Waals surface area contributed by atoms with Gasteiger partial charge in [-0.15, -0.1) is 0 Å². The highest BCUT2D eigenvalue weighted by Crippen LogP contribution is 2.29. The monoisotopic (exact) mass is 374 g/mol. The number of methoxy groups -OCH3 is 2. The van der Waals surface area contributed by atoms with Crippen LogP contribution in [0.15, 0.2) is 47.6 Å². The van der Waals surface area contributed by atoms with Crippen molar-refractivity contribution in [3.8, 4) is 22.9 Å². The van der Waals surface area contributed by atoms with Crippen LogP contribution in [-0.2, 0) is 0 Å². The average Bonchev–Trinajstić information content (AvgIpc) is 3.00. The Morgan fingerprint density at radius 1 is 1.20 bits per heavy atom. The Hall–Kier alpha value is -2.64. The predicted octanol–water partition coefficient (Wildman–Crippen LogP) is 4.16. The van der Waals surface area contributed by atoms with Crippen LogP contribution in [0.5, 0.6) is 11.5 Å². The Labute approximate surface area is 154 Å². The maximum Gasteiger partial charge on any atom is 0.216 e. The van der Waals surface area contributed by atoms with Crippen molar-refractivity contribution in [3.05, 3.63) is 57.8 Å². The molecule has 0 atom stereocenters. The minimum absolute atomic E-state index is 0.369. The Bertz CT molecular complexity index is 981. The molecule has 0 radical (unpaired) electrons. The summed E-state index contributed by atoms with van der Waals surface area (Å²) in [7, 11) is 3.16. The second-order valence-corrected chi connectivity index (χ2v) is 5.82. The fourth-order valence-electron chi connectivity index (χ4n) is 2.35. The Morgan fingerprint density at radius 2 is 2.00 bits per heavy atom. The molecule has 3 rings (SSSR count). The van der Waals surface area contributed by atoms with Crippen molar-refractivity contribution in [1.29, 1.82) is 0 Å². The molecular formula is C17H15ClN4O2S. The molecule has 0 unspecified atom stereocenters.